The van der Waals surface area contributed by atoms with Gasteiger partial charge in [0.1, 0.15) is 5.69 Å². The van der Waals surface area contributed by atoms with Crippen molar-refractivity contribution >= 4 is 29.0 Å². The number of azide groups is 1. The molecule has 1 N–H and O–H groups in total. The maximum atomic E-state index is 14.5. The molecule has 1 aromatic heterocycles. The number of carbonyl (C=O) groups is 1. The molecule has 0 unspecified atom stereocenters. The van der Waals surface area contributed by atoms with E-state index in [0.717, 1.165) is 24.3 Å². The SMILES string of the molecule is Cc1cc(CN=[N+]=[N-])cc(C(F)(F)F)c1.Cc1cc(Cn2cc(CNC(=O)c3ccc(P(=O)(c4ccccc4)c4ccccc4)cc3)nn2)cc(C(F)(F)F)c1. The minimum Gasteiger partial charge on any atom is -0.346 e. The molecule has 6 rings (SSSR count). The van der Waals surface area contributed by atoms with Crippen molar-refractivity contribution in [2.45, 2.75) is 45.8 Å². The normalized spacial score (nSPS) is 11.6. The van der Waals surface area contributed by atoms with Crippen LogP contribution in [0.1, 0.15) is 49.4 Å². The van der Waals surface area contributed by atoms with Crippen LogP contribution in [0.4, 0.5) is 26.3 Å². The third-order valence-corrected chi connectivity index (χ3v) is 11.4. The fourth-order valence-electron chi connectivity index (χ4n) is 5.85. The third-order valence-electron chi connectivity index (χ3n) is 8.34. The Morgan fingerprint density at radius 1 is 0.750 bits per heavy atom. The van der Waals surface area contributed by atoms with Crippen molar-refractivity contribution < 1.29 is 35.7 Å². The van der Waals surface area contributed by atoms with Crippen molar-refractivity contribution in [1.29, 1.82) is 0 Å². The molecule has 56 heavy (non-hydrogen) atoms. The first kappa shape index (κ1) is 41.0. The molecule has 5 aromatic carbocycles. The minimum atomic E-state index is -4.43. The van der Waals surface area contributed by atoms with Crippen LogP contribution in [0.2, 0.25) is 0 Å². The maximum Gasteiger partial charge on any atom is 0.416 e. The Labute approximate surface area is 318 Å². The largest absolute Gasteiger partial charge is 0.416 e. The smallest absolute Gasteiger partial charge is 0.346 e. The van der Waals surface area contributed by atoms with Crippen LogP contribution < -0.4 is 21.2 Å². The first-order chi connectivity index (χ1) is 26.6. The summed E-state index contributed by atoms with van der Waals surface area (Å²) in [5.74, 6) is -0.353. The molecule has 9 nitrogen and oxygen atoms in total. The van der Waals surface area contributed by atoms with Gasteiger partial charge in [-0.3, -0.25) is 4.79 Å². The van der Waals surface area contributed by atoms with E-state index in [9.17, 15) is 35.7 Å². The van der Waals surface area contributed by atoms with Gasteiger partial charge in [0, 0.05) is 26.4 Å². The van der Waals surface area contributed by atoms with Gasteiger partial charge in [0.15, 0.2) is 7.14 Å². The monoisotopic (exact) mass is 789 g/mol. The molecule has 0 aliphatic heterocycles. The number of rotatable bonds is 10. The average Bonchev–Trinajstić information content (AvgIpc) is 3.62. The Bertz CT molecular complexity index is 2330. The Kier molecular flexibility index (Phi) is 12.8. The van der Waals surface area contributed by atoms with Gasteiger partial charge in [-0.2, -0.15) is 26.3 Å². The number of nitrogens with one attached hydrogen (secondary N) is 1. The second-order valence-corrected chi connectivity index (χ2v) is 15.5. The van der Waals surface area contributed by atoms with Crippen LogP contribution in [0.15, 0.2) is 133 Å². The molecule has 1 heterocycles. The fourth-order valence-corrected chi connectivity index (χ4v) is 8.50. The molecule has 0 spiro atoms. The Morgan fingerprint density at radius 2 is 1.25 bits per heavy atom. The van der Waals surface area contributed by atoms with Crippen LogP contribution in [0.3, 0.4) is 0 Å². The molecule has 288 valence electrons. The van der Waals surface area contributed by atoms with Crippen LogP contribution in [0, 0.1) is 13.8 Å². The van der Waals surface area contributed by atoms with E-state index in [-0.39, 0.29) is 25.5 Å². The van der Waals surface area contributed by atoms with E-state index < -0.39 is 30.6 Å². The van der Waals surface area contributed by atoms with Gasteiger partial charge in [0.2, 0.25) is 0 Å². The fraction of sp³-hybridized carbons (Fsp3) is 0.175. The van der Waals surface area contributed by atoms with Crippen LogP contribution in [0.5, 0.6) is 0 Å². The molecule has 0 saturated carbocycles. The van der Waals surface area contributed by atoms with Gasteiger partial charge in [0.05, 0.1) is 37.0 Å². The highest BCUT2D eigenvalue weighted by Crippen LogP contribution is 2.42. The van der Waals surface area contributed by atoms with Crippen LogP contribution in [-0.2, 0) is 36.6 Å². The second-order valence-electron chi connectivity index (χ2n) is 12.7. The number of hydrogen-bond acceptors (Lipinski definition) is 5. The summed E-state index contributed by atoms with van der Waals surface area (Å²) in [7, 11) is -3.15. The lowest BCUT2D eigenvalue weighted by molar-refractivity contribution is -0.138. The molecule has 0 radical (unpaired) electrons. The molecular weight excluding hydrogens is 755 g/mol. The van der Waals surface area contributed by atoms with Crippen LogP contribution in [0.25, 0.3) is 10.4 Å². The molecule has 0 aliphatic carbocycles. The van der Waals surface area contributed by atoms with Gasteiger partial charge in [-0.1, -0.05) is 106 Å². The quantitative estimate of drug-likeness (QED) is 0.0489. The number of aryl methyl sites for hydroxylation is 2. The number of hydrogen-bond donors (Lipinski definition) is 1. The van der Waals surface area contributed by atoms with Crippen molar-refractivity contribution in [2.24, 2.45) is 5.11 Å². The topological polar surface area (TPSA) is 126 Å². The summed E-state index contributed by atoms with van der Waals surface area (Å²) in [4.78, 5) is 15.3. The van der Waals surface area contributed by atoms with Crippen molar-refractivity contribution in [1.82, 2.24) is 20.3 Å². The first-order valence-corrected chi connectivity index (χ1v) is 18.6. The van der Waals surface area contributed by atoms with Gasteiger partial charge in [-0.15, -0.1) is 5.10 Å². The molecule has 0 fully saturated rings. The third kappa shape index (κ3) is 10.5. The number of benzene rings is 5. The number of alkyl halides is 6. The van der Waals surface area contributed by atoms with Gasteiger partial charge in [0.25, 0.3) is 5.91 Å². The minimum absolute atomic E-state index is 0.0682. The van der Waals surface area contributed by atoms with Crippen molar-refractivity contribution in [3.05, 3.63) is 183 Å². The number of aromatic nitrogens is 3. The molecule has 6 aromatic rings. The second kappa shape index (κ2) is 17.5. The average molecular weight is 790 g/mol. The summed E-state index contributed by atoms with van der Waals surface area (Å²) in [6.45, 7) is 3.29. The van der Waals surface area contributed by atoms with Crippen molar-refractivity contribution in [3.8, 4) is 0 Å². The Morgan fingerprint density at radius 3 is 1.77 bits per heavy atom. The van der Waals surface area contributed by atoms with Crippen molar-refractivity contribution in [3.63, 3.8) is 0 Å². The number of halogens is 6. The molecule has 0 atom stereocenters. The van der Waals surface area contributed by atoms with E-state index in [1.807, 2.05) is 60.7 Å². The number of amides is 1. The first-order valence-electron chi connectivity index (χ1n) is 16.9. The lowest BCUT2D eigenvalue weighted by atomic mass is 10.1. The highest BCUT2D eigenvalue weighted by atomic mass is 31.2. The molecule has 0 saturated heterocycles. The predicted molar refractivity (Wildman–Crippen MR) is 201 cm³/mol. The van der Waals surface area contributed by atoms with E-state index in [4.69, 9.17) is 5.53 Å². The molecule has 16 heteroatoms. The summed E-state index contributed by atoms with van der Waals surface area (Å²) >= 11 is 0. The van der Waals surface area contributed by atoms with Crippen molar-refractivity contribution in [2.75, 3.05) is 0 Å². The van der Waals surface area contributed by atoms with Gasteiger partial charge in [-0.25, -0.2) is 4.68 Å². The number of nitrogens with zero attached hydrogens (tertiary/aromatic N) is 6. The summed E-state index contributed by atoms with van der Waals surface area (Å²) < 4.78 is 92.4. The van der Waals surface area contributed by atoms with Crippen LogP contribution >= 0.6 is 7.14 Å². The molecule has 0 bridgehead atoms. The summed E-state index contributed by atoms with van der Waals surface area (Å²) in [5.41, 5.74) is 9.27. The molecule has 0 aliphatic rings. The zero-order valence-electron chi connectivity index (χ0n) is 30.0. The van der Waals surface area contributed by atoms with Gasteiger partial charge in [-0.05, 0) is 66.9 Å². The zero-order valence-corrected chi connectivity index (χ0v) is 30.9. The predicted octanol–water partition coefficient (Wildman–Crippen LogP) is 9.05. The van der Waals surface area contributed by atoms with Gasteiger partial charge < -0.3 is 9.88 Å². The summed E-state index contributed by atoms with van der Waals surface area (Å²) in [5, 5.41) is 16.0. The lowest BCUT2D eigenvalue weighted by Crippen LogP contribution is -2.26. The lowest BCUT2D eigenvalue weighted by Gasteiger charge is -2.20. The highest BCUT2D eigenvalue weighted by Gasteiger charge is 2.32. The number of carbonyl (C=O) groups excluding carboxylic acids is 1. The highest BCUT2D eigenvalue weighted by molar-refractivity contribution is 7.85. The van der Waals surface area contributed by atoms with E-state index in [1.54, 1.807) is 56.4 Å². The maximum absolute atomic E-state index is 14.5. The summed E-state index contributed by atoms with van der Waals surface area (Å²) in [6.07, 6.45) is -7.22. The van der Waals surface area contributed by atoms with E-state index in [2.05, 4.69) is 25.7 Å². The van der Waals surface area contributed by atoms with E-state index >= 15 is 0 Å². The van der Waals surface area contributed by atoms with Crippen LogP contribution in [-0.4, -0.2) is 20.9 Å². The Balaban J connectivity index is 0.000000337. The Hall–Kier alpha value is -6.17. The zero-order chi connectivity index (χ0) is 40.5. The summed E-state index contributed by atoms with van der Waals surface area (Å²) in [6, 6.07) is 32.7. The van der Waals surface area contributed by atoms with Gasteiger partial charge >= 0.3 is 12.4 Å². The molecular formula is C40H34F6N7O2P. The standard InChI is InChI=1S/C31H26F3N4O2P.C9H8F3N3/c1-22-16-23(18-25(17-22)31(32,33)34)20-38-21-26(36-37-38)19-35-30(39)24-12-14-29(15-13-24)41(40,27-8-4-2-5-9-27)28-10-6-3-7-11-28;1-6-2-7(5-14-15-13)4-8(3-6)9(10,11)12/h2-18,21H,19-20H2,1H3,(H,35,39);2-4H,5H2,1H3. The van der Waals surface area contributed by atoms with E-state index in [0.29, 0.717) is 49.4 Å². The van der Waals surface area contributed by atoms with E-state index in [1.165, 1.54) is 4.68 Å². The molecule has 1 amide bonds.